The Hall–Kier alpha value is -2.26. The Bertz CT molecular complexity index is 651. The van der Waals surface area contributed by atoms with E-state index in [0.717, 1.165) is 5.56 Å². The Morgan fingerprint density at radius 3 is 2.90 bits per heavy atom. The molecule has 2 aromatic heterocycles. The zero-order chi connectivity index (χ0) is 15.4. The van der Waals surface area contributed by atoms with Gasteiger partial charge in [0.25, 0.3) is 5.91 Å². The second-order valence-electron chi connectivity index (χ2n) is 4.21. The van der Waals surface area contributed by atoms with Gasteiger partial charge in [-0.1, -0.05) is 0 Å². The number of carboxylic acid groups (broad SMARTS) is 1. The van der Waals surface area contributed by atoms with E-state index in [0.29, 0.717) is 5.01 Å². The highest BCUT2D eigenvalue weighted by atomic mass is 32.1. The maximum Gasteiger partial charge on any atom is 0.334 e. The van der Waals surface area contributed by atoms with Crippen molar-refractivity contribution in [2.45, 2.75) is 6.10 Å². The molecule has 0 aliphatic carbocycles. The first-order valence-electron chi connectivity index (χ1n) is 5.99. The largest absolute Gasteiger partial charge is 0.479 e. The van der Waals surface area contributed by atoms with Crippen LogP contribution < -0.4 is 5.32 Å². The van der Waals surface area contributed by atoms with Crippen LogP contribution in [-0.4, -0.2) is 51.5 Å². The van der Waals surface area contributed by atoms with Crippen LogP contribution in [-0.2, 0) is 16.6 Å². The third-order valence-corrected chi connectivity index (χ3v) is 3.59. The SMILES string of the molecule is COC(CNC(=O)c1csc(-c2cnn(C)c2)n1)C(=O)O. The van der Waals surface area contributed by atoms with Crippen LogP contribution in [0.3, 0.4) is 0 Å². The molecule has 0 bridgehead atoms. The molecule has 0 aliphatic heterocycles. The quantitative estimate of drug-likeness (QED) is 0.798. The van der Waals surface area contributed by atoms with Gasteiger partial charge in [0.1, 0.15) is 10.7 Å². The zero-order valence-electron chi connectivity index (χ0n) is 11.4. The predicted octanol–water partition coefficient (Wildman–Crippen LogP) is 0.373. The van der Waals surface area contributed by atoms with Crippen LogP contribution in [0.1, 0.15) is 10.5 Å². The lowest BCUT2D eigenvalue weighted by Gasteiger charge is -2.10. The molecular weight excluding hydrogens is 296 g/mol. The summed E-state index contributed by atoms with van der Waals surface area (Å²) in [5, 5.41) is 17.6. The third-order valence-electron chi connectivity index (χ3n) is 2.70. The molecule has 21 heavy (non-hydrogen) atoms. The molecule has 0 fully saturated rings. The average Bonchev–Trinajstić information content (AvgIpc) is 3.07. The van der Waals surface area contributed by atoms with E-state index >= 15 is 0 Å². The number of aromatic nitrogens is 3. The summed E-state index contributed by atoms with van der Waals surface area (Å²) in [6.45, 7) is -0.121. The molecule has 2 rings (SSSR count). The lowest BCUT2D eigenvalue weighted by molar-refractivity contribution is -0.148. The number of thiazole rings is 1. The van der Waals surface area contributed by atoms with Crippen molar-refractivity contribution in [1.82, 2.24) is 20.1 Å². The molecule has 8 nitrogen and oxygen atoms in total. The number of ether oxygens (including phenoxy) is 1. The van der Waals surface area contributed by atoms with E-state index in [1.54, 1.807) is 29.5 Å². The number of carbonyl (C=O) groups is 2. The third kappa shape index (κ3) is 3.64. The Labute approximate surface area is 124 Å². The van der Waals surface area contributed by atoms with Crippen LogP contribution in [0.15, 0.2) is 17.8 Å². The van der Waals surface area contributed by atoms with Gasteiger partial charge < -0.3 is 15.2 Å². The van der Waals surface area contributed by atoms with Crippen molar-refractivity contribution in [3.05, 3.63) is 23.5 Å². The average molecular weight is 310 g/mol. The molecule has 1 amide bonds. The minimum absolute atomic E-state index is 0.121. The Balaban J connectivity index is 2.01. The van der Waals surface area contributed by atoms with Gasteiger partial charge in [-0.2, -0.15) is 5.10 Å². The number of nitrogens with zero attached hydrogens (tertiary/aromatic N) is 3. The second kappa shape index (κ2) is 6.46. The minimum atomic E-state index is -1.13. The summed E-state index contributed by atoms with van der Waals surface area (Å²) < 4.78 is 6.38. The van der Waals surface area contributed by atoms with E-state index in [9.17, 15) is 9.59 Å². The molecule has 0 spiro atoms. The van der Waals surface area contributed by atoms with Gasteiger partial charge in [-0.15, -0.1) is 11.3 Å². The maximum atomic E-state index is 11.9. The van der Waals surface area contributed by atoms with E-state index in [1.807, 2.05) is 0 Å². The topological polar surface area (TPSA) is 106 Å². The summed E-state index contributed by atoms with van der Waals surface area (Å²) in [5.74, 6) is -1.57. The number of hydrogen-bond acceptors (Lipinski definition) is 6. The van der Waals surface area contributed by atoms with Gasteiger partial charge in [0.05, 0.1) is 12.7 Å². The first kappa shape index (κ1) is 15.1. The zero-order valence-corrected chi connectivity index (χ0v) is 12.3. The number of methoxy groups -OCH3 is 1. The Morgan fingerprint density at radius 1 is 1.57 bits per heavy atom. The van der Waals surface area contributed by atoms with Gasteiger partial charge in [0, 0.05) is 31.3 Å². The van der Waals surface area contributed by atoms with E-state index in [-0.39, 0.29) is 12.2 Å². The summed E-state index contributed by atoms with van der Waals surface area (Å²) in [6, 6.07) is 0. The molecule has 2 N–H and O–H groups in total. The van der Waals surface area contributed by atoms with Crippen LogP contribution in [0.5, 0.6) is 0 Å². The highest BCUT2D eigenvalue weighted by molar-refractivity contribution is 7.13. The summed E-state index contributed by atoms with van der Waals surface area (Å²) in [4.78, 5) is 26.9. The summed E-state index contributed by atoms with van der Waals surface area (Å²) in [6.07, 6.45) is 2.38. The minimum Gasteiger partial charge on any atom is -0.479 e. The summed E-state index contributed by atoms with van der Waals surface area (Å²) in [5.41, 5.74) is 1.06. The van der Waals surface area contributed by atoms with Gasteiger partial charge in [0.15, 0.2) is 6.10 Å². The molecular formula is C12H14N4O4S. The fourth-order valence-corrected chi connectivity index (χ4v) is 2.37. The van der Waals surface area contributed by atoms with Crippen LogP contribution >= 0.6 is 11.3 Å². The summed E-state index contributed by atoms with van der Waals surface area (Å²) >= 11 is 1.32. The smallest absolute Gasteiger partial charge is 0.334 e. The monoisotopic (exact) mass is 310 g/mol. The van der Waals surface area contributed by atoms with E-state index in [2.05, 4.69) is 15.4 Å². The predicted molar refractivity (Wildman–Crippen MR) is 75.1 cm³/mol. The van der Waals surface area contributed by atoms with Crippen molar-refractivity contribution in [2.24, 2.45) is 7.05 Å². The molecule has 2 aromatic rings. The fourth-order valence-electron chi connectivity index (χ4n) is 1.59. The molecule has 1 unspecified atom stereocenters. The number of carboxylic acids is 1. The van der Waals surface area contributed by atoms with E-state index in [4.69, 9.17) is 9.84 Å². The van der Waals surface area contributed by atoms with Gasteiger partial charge in [-0.25, -0.2) is 9.78 Å². The van der Waals surface area contributed by atoms with Crippen LogP contribution in [0.2, 0.25) is 0 Å². The van der Waals surface area contributed by atoms with Crippen molar-refractivity contribution in [3.63, 3.8) is 0 Å². The summed E-state index contributed by atoms with van der Waals surface area (Å²) in [7, 11) is 3.07. The van der Waals surface area contributed by atoms with Crippen LogP contribution in [0.25, 0.3) is 10.6 Å². The van der Waals surface area contributed by atoms with Crippen molar-refractivity contribution >= 4 is 23.2 Å². The Morgan fingerprint density at radius 2 is 2.33 bits per heavy atom. The first-order chi connectivity index (χ1) is 10.0. The molecule has 0 radical (unpaired) electrons. The molecule has 1 atom stereocenters. The molecule has 2 heterocycles. The molecule has 9 heteroatoms. The normalized spacial score (nSPS) is 12.1. The van der Waals surface area contributed by atoms with E-state index in [1.165, 1.54) is 18.4 Å². The highest BCUT2D eigenvalue weighted by Crippen LogP contribution is 2.22. The number of carbonyl (C=O) groups excluding carboxylic acids is 1. The van der Waals surface area contributed by atoms with Crippen molar-refractivity contribution in [2.75, 3.05) is 13.7 Å². The molecule has 0 saturated carbocycles. The lowest BCUT2D eigenvalue weighted by atomic mass is 10.3. The van der Waals surface area contributed by atoms with Crippen molar-refractivity contribution < 1.29 is 19.4 Å². The number of nitrogens with one attached hydrogen (secondary N) is 1. The number of amides is 1. The highest BCUT2D eigenvalue weighted by Gasteiger charge is 2.19. The number of rotatable bonds is 6. The van der Waals surface area contributed by atoms with Gasteiger partial charge in [-0.05, 0) is 0 Å². The second-order valence-corrected chi connectivity index (χ2v) is 5.07. The fraction of sp³-hybridized carbons (Fsp3) is 0.333. The van der Waals surface area contributed by atoms with E-state index < -0.39 is 18.0 Å². The number of aliphatic carboxylic acids is 1. The molecule has 112 valence electrons. The van der Waals surface area contributed by atoms with Gasteiger partial charge >= 0.3 is 5.97 Å². The van der Waals surface area contributed by atoms with Crippen LogP contribution in [0.4, 0.5) is 0 Å². The molecule has 0 aliphatic rings. The lowest BCUT2D eigenvalue weighted by Crippen LogP contribution is -2.37. The van der Waals surface area contributed by atoms with Crippen LogP contribution in [0, 0.1) is 0 Å². The Kier molecular flexibility index (Phi) is 4.66. The van der Waals surface area contributed by atoms with Crippen molar-refractivity contribution in [3.8, 4) is 10.6 Å². The molecule has 0 aromatic carbocycles. The standard InChI is InChI=1S/C12H14N4O4S/c1-16-5-7(3-14-16)11-15-8(6-21-11)10(17)13-4-9(20-2)12(18)19/h3,5-6,9H,4H2,1-2H3,(H,13,17)(H,18,19). The maximum absolute atomic E-state index is 11.9. The van der Waals surface area contributed by atoms with Crippen molar-refractivity contribution in [1.29, 1.82) is 0 Å². The number of aryl methyl sites for hydroxylation is 1. The van der Waals surface area contributed by atoms with Gasteiger partial charge in [-0.3, -0.25) is 9.48 Å². The van der Waals surface area contributed by atoms with Gasteiger partial charge in [0.2, 0.25) is 0 Å². The number of hydrogen-bond donors (Lipinski definition) is 2. The molecule has 0 saturated heterocycles. The first-order valence-corrected chi connectivity index (χ1v) is 6.87.